The highest BCUT2D eigenvalue weighted by atomic mass is 19.4. The van der Waals surface area contributed by atoms with Crippen LogP contribution in [0.3, 0.4) is 0 Å². The summed E-state index contributed by atoms with van der Waals surface area (Å²) in [5.41, 5.74) is 0. The molecule has 0 aromatic heterocycles. The van der Waals surface area contributed by atoms with Crippen molar-refractivity contribution in [1.82, 2.24) is 5.32 Å². The Kier molecular flexibility index (Phi) is 5.82. The molecule has 0 spiro atoms. The van der Waals surface area contributed by atoms with Crippen LogP contribution in [-0.4, -0.2) is 25.4 Å². The first-order valence-corrected chi connectivity index (χ1v) is 4.85. The zero-order valence-electron chi connectivity index (χ0n) is 9.34. The Morgan fingerprint density at radius 1 is 1.06 bits per heavy atom. The van der Waals surface area contributed by atoms with E-state index in [0.717, 1.165) is 7.05 Å². The largest absolute Gasteiger partial charge is 0.401 e. The van der Waals surface area contributed by atoms with Crippen molar-refractivity contribution in [3.8, 4) is 11.8 Å². The van der Waals surface area contributed by atoms with Crippen LogP contribution < -0.4 is 5.32 Å². The lowest BCUT2D eigenvalue weighted by Crippen LogP contribution is -2.50. The summed E-state index contributed by atoms with van der Waals surface area (Å²) in [5, 5.41) is 2.07. The van der Waals surface area contributed by atoms with E-state index in [2.05, 4.69) is 17.2 Å². The third-order valence-electron chi connectivity index (χ3n) is 2.24. The van der Waals surface area contributed by atoms with E-state index in [1.54, 1.807) is 0 Å². The van der Waals surface area contributed by atoms with Crippen molar-refractivity contribution in [2.75, 3.05) is 7.05 Å². The van der Waals surface area contributed by atoms with E-state index in [0.29, 0.717) is 0 Å². The minimum atomic E-state index is -5.31. The van der Waals surface area contributed by atoms with Gasteiger partial charge in [0.25, 0.3) is 0 Å². The SMILES string of the molecule is CC#CCCC(NC)C(C(F)(F)F)C(F)(F)F. The first-order chi connectivity index (χ1) is 7.64. The molecule has 0 aliphatic heterocycles. The highest BCUT2D eigenvalue weighted by Crippen LogP contribution is 2.42. The summed E-state index contributed by atoms with van der Waals surface area (Å²) in [6, 6.07) is -1.71. The van der Waals surface area contributed by atoms with Gasteiger partial charge < -0.3 is 5.32 Å². The summed E-state index contributed by atoms with van der Waals surface area (Å²) < 4.78 is 74.2. The second-order valence-corrected chi connectivity index (χ2v) is 3.42. The molecular formula is C10H13F6N. The Labute approximate surface area is 95.6 Å². The average Bonchev–Trinajstić information content (AvgIpc) is 2.12. The molecule has 17 heavy (non-hydrogen) atoms. The van der Waals surface area contributed by atoms with Gasteiger partial charge in [-0.3, -0.25) is 0 Å². The lowest BCUT2D eigenvalue weighted by molar-refractivity contribution is -0.291. The van der Waals surface area contributed by atoms with Crippen molar-refractivity contribution in [2.24, 2.45) is 5.92 Å². The van der Waals surface area contributed by atoms with E-state index in [9.17, 15) is 26.3 Å². The van der Waals surface area contributed by atoms with E-state index < -0.39 is 24.3 Å². The fourth-order valence-electron chi connectivity index (χ4n) is 1.47. The zero-order valence-corrected chi connectivity index (χ0v) is 9.34. The molecule has 1 atom stereocenters. The summed E-state index contributed by atoms with van der Waals surface area (Å²) in [5.74, 6) is 1.51. The minimum Gasteiger partial charge on any atom is -0.316 e. The maximum atomic E-state index is 12.4. The first-order valence-electron chi connectivity index (χ1n) is 4.85. The molecule has 0 aliphatic rings. The van der Waals surface area contributed by atoms with Crippen molar-refractivity contribution in [3.05, 3.63) is 0 Å². The molecule has 0 aromatic rings. The maximum Gasteiger partial charge on any atom is 0.401 e. The molecule has 0 heterocycles. The number of hydrogen-bond donors (Lipinski definition) is 1. The second kappa shape index (κ2) is 6.15. The molecule has 1 N–H and O–H groups in total. The minimum absolute atomic E-state index is 0.00926. The molecule has 100 valence electrons. The van der Waals surface area contributed by atoms with E-state index in [4.69, 9.17) is 0 Å². The van der Waals surface area contributed by atoms with Crippen molar-refractivity contribution in [3.63, 3.8) is 0 Å². The first kappa shape index (κ1) is 16.1. The highest BCUT2D eigenvalue weighted by Gasteiger charge is 2.59. The van der Waals surface area contributed by atoms with Gasteiger partial charge >= 0.3 is 12.4 Å². The van der Waals surface area contributed by atoms with Crippen molar-refractivity contribution >= 4 is 0 Å². The number of alkyl halides is 6. The molecule has 0 saturated carbocycles. The van der Waals surface area contributed by atoms with Gasteiger partial charge in [0.1, 0.15) is 0 Å². The predicted molar refractivity (Wildman–Crippen MR) is 51.1 cm³/mol. The maximum absolute atomic E-state index is 12.4. The van der Waals surface area contributed by atoms with Crippen LogP contribution in [0.4, 0.5) is 26.3 Å². The quantitative estimate of drug-likeness (QED) is 0.605. The average molecular weight is 261 g/mol. The van der Waals surface area contributed by atoms with Gasteiger partial charge in [-0.1, -0.05) is 0 Å². The van der Waals surface area contributed by atoms with Gasteiger partial charge in [-0.2, -0.15) is 26.3 Å². The van der Waals surface area contributed by atoms with E-state index in [1.807, 2.05) is 0 Å². The Hall–Kier alpha value is -0.900. The second-order valence-electron chi connectivity index (χ2n) is 3.42. The van der Waals surface area contributed by atoms with Crippen molar-refractivity contribution in [1.29, 1.82) is 0 Å². The lowest BCUT2D eigenvalue weighted by Gasteiger charge is -2.30. The molecule has 0 bridgehead atoms. The zero-order chi connectivity index (χ0) is 13.7. The smallest absolute Gasteiger partial charge is 0.316 e. The molecule has 1 unspecified atom stereocenters. The Balaban J connectivity index is 4.91. The van der Waals surface area contributed by atoms with Crippen LogP contribution in [0.5, 0.6) is 0 Å². The van der Waals surface area contributed by atoms with Gasteiger partial charge in [0.15, 0.2) is 5.92 Å². The summed E-state index contributed by atoms with van der Waals surface area (Å²) in [7, 11) is 1.08. The van der Waals surface area contributed by atoms with Gasteiger partial charge in [0.05, 0.1) is 0 Å². The van der Waals surface area contributed by atoms with Crippen LogP contribution in [0.2, 0.25) is 0 Å². The predicted octanol–water partition coefficient (Wildman–Crippen LogP) is 3.12. The lowest BCUT2D eigenvalue weighted by atomic mass is 9.94. The molecule has 0 saturated heterocycles. The third kappa shape index (κ3) is 5.31. The van der Waals surface area contributed by atoms with Gasteiger partial charge in [-0.15, -0.1) is 11.8 Å². The van der Waals surface area contributed by atoms with Crippen LogP contribution in [-0.2, 0) is 0 Å². The molecule has 0 fully saturated rings. The van der Waals surface area contributed by atoms with Crippen LogP contribution in [0.25, 0.3) is 0 Å². The molecule has 0 aromatic carbocycles. The van der Waals surface area contributed by atoms with Gasteiger partial charge in [-0.25, -0.2) is 0 Å². The third-order valence-corrected chi connectivity index (χ3v) is 2.24. The van der Waals surface area contributed by atoms with Crippen LogP contribution in [0.1, 0.15) is 19.8 Å². The summed E-state index contributed by atoms with van der Waals surface area (Å²) in [6.45, 7) is 1.47. The van der Waals surface area contributed by atoms with Crippen LogP contribution in [0.15, 0.2) is 0 Å². The summed E-state index contributed by atoms with van der Waals surface area (Å²) in [4.78, 5) is 0. The van der Waals surface area contributed by atoms with E-state index >= 15 is 0 Å². The standard InChI is InChI=1S/C10H13F6N/c1-3-4-5-6-7(17-2)8(9(11,12)13)10(14,15)16/h7-8,17H,5-6H2,1-2H3. The number of nitrogens with one attached hydrogen (secondary N) is 1. The van der Waals surface area contributed by atoms with Gasteiger partial charge in [0.2, 0.25) is 0 Å². The fraction of sp³-hybridized carbons (Fsp3) is 0.800. The number of rotatable bonds is 4. The van der Waals surface area contributed by atoms with Crippen molar-refractivity contribution < 1.29 is 26.3 Å². The van der Waals surface area contributed by atoms with Gasteiger partial charge in [-0.05, 0) is 20.4 Å². The summed E-state index contributed by atoms with van der Waals surface area (Å²) in [6.07, 6.45) is -10.9. The Morgan fingerprint density at radius 2 is 1.53 bits per heavy atom. The molecule has 7 heteroatoms. The number of halogens is 6. The fourth-order valence-corrected chi connectivity index (χ4v) is 1.47. The van der Waals surface area contributed by atoms with E-state index in [1.165, 1.54) is 6.92 Å². The molecular weight excluding hydrogens is 248 g/mol. The molecule has 0 amide bonds. The van der Waals surface area contributed by atoms with Gasteiger partial charge in [0, 0.05) is 12.5 Å². The number of hydrogen-bond acceptors (Lipinski definition) is 1. The van der Waals surface area contributed by atoms with Crippen LogP contribution in [0, 0.1) is 17.8 Å². The van der Waals surface area contributed by atoms with E-state index in [-0.39, 0.29) is 12.8 Å². The normalized spacial score (nSPS) is 14.4. The molecule has 0 rings (SSSR count). The molecule has 0 aliphatic carbocycles. The molecule has 1 nitrogen and oxygen atoms in total. The Morgan fingerprint density at radius 3 is 1.82 bits per heavy atom. The van der Waals surface area contributed by atoms with Crippen molar-refractivity contribution in [2.45, 2.75) is 38.2 Å². The van der Waals surface area contributed by atoms with Crippen LogP contribution >= 0.6 is 0 Å². The Bertz CT molecular complexity index is 268. The highest BCUT2D eigenvalue weighted by molar-refractivity contribution is 4.97. The monoisotopic (exact) mass is 261 g/mol. The topological polar surface area (TPSA) is 12.0 Å². The summed E-state index contributed by atoms with van der Waals surface area (Å²) >= 11 is 0. The molecule has 0 radical (unpaired) electrons.